The zero-order valence-electron chi connectivity index (χ0n) is 22.5. The highest BCUT2D eigenvalue weighted by Gasteiger charge is 2.09. The van der Waals surface area contributed by atoms with Gasteiger partial charge in [-0.25, -0.2) is 14.8 Å². The van der Waals surface area contributed by atoms with Crippen LogP contribution in [0, 0.1) is 12.7 Å². The second-order valence-corrected chi connectivity index (χ2v) is 10.1. The van der Waals surface area contributed by atoms with Crippen molar-refractivity contribution in [2.45, 2.75) is 6.92 Å². The van der Waals surface area contributed by atoms with Gasteiger partial charge in [0, 0.05) is 27.9 Å². The van der Waals surface area contributed by atoms with Gasteiger partial charge in [0.2, 0.25) is 0 Å². The van der Waals surface area contributed by atoms with Crippen LogP contribution in [-0.2, 0) is 4.79 Å². The minimum absolute atomic E-state index is 0.226. The number of hydrogen-bond donors (Lipinski definition) is 3. The third kappa shape index (κ3) is 7.86. The van der Waals surface area contributed by atoms with Gasteiger partial charge in [-0.05, 0) is 73.2 Å². The van der Waals surface area contributed by atoms with E-state index in [0.29, 0.717) is 22.6 Å². The number of carbonyl (C=O) groups is 2. The normalized spacial score (nSPS) is 10.8. The van der Waals surface area contributed by atoms with E-state index in [0.717, 1.165) is 22.1 Å². The lowest BCUT2D eigenvalue weighted by Crippen LogP contribution is -2.20. The molecule has 0 radical (unpaired) electrons. The van der Waals surface area contributed by atoms with Gasteiger partial charge in [0.1, 0.15) is 11.6 Å². The number of hydrogen-bond acceptors (Lipinski definition) is 7. The van der Waals surface area contributed by atoms with Crippen LogP contribution in [0.1, 0.15) is 21.5 Å². The topological polar surface area (TPSA) is 105 Å². The van der Waals surface area contributed by atoms with E-state index in [2.05, 4.69) is 26.1 Å². The average Bonchev–Trinajstić information content (AvgIpc) is 3.47. The Kier molecular flexibility index (Phi) is 8.95. The fourth-order valence-corrected chi connectivity index (χ4v) is 4.55. The molecule has 0 aliphatic heterocycles. The van der Waals surface area contributed by atoms with E-state index in [1.807, 2.05) is 48.7 Å². The molecule has 0 aliphatic rings. The summed E-state index contributed by atoms with van der Waals surface area (Å²) < 4.78 is 18.6. The molecule has 0 bridgehead atoms. The zero-order valence-corrected chi connectivity index (χ0v) is 23.3. The van der Waals surface area contributed by atoms with Crippen LogP contribution in [0.5, 0.6) is 5.75 Å². The molecule has 5 aromatic rings. The summed E-state index contributed by atoms with van der Waals surface area (Å²) in [6.45, 7) is 1.82. The zero-order chi connectivity index (χ0) is 29.3. The van der Waals surface area contributed by atoms with E-state index in [1.165, 1.54) is 47.4 Å². The lowest BCUT2D eigenvalue weighted by Gasteiger charge is -2.08. The van der Waals surface area contributed by atoms with Crippen molar-refractivity contribution in [1.29, 1.82) is 0 Å². The molecule has 0 saturated heterocycles. The largest absolute Gasteiger partial charge is 0.484 e. The summed E-state index contributed by atoms with van der Waals surface area (Å²) in [6, 6.07) is 27.6. The van der Waals surface area contributed by atoms with Gasteiger partial charge in [-0.3, -0.25) is 9.59 Å². The van der Waals surface area contributed by atoms with E-state index in [9.17, 15) is 14.0 Å². The molecule has 210 valence electrons. The molecule has 42 heavy (non-hydrogen) atoms. The maximum absolute atomic E-state index is 13.0. The molecule has 8 nitrogen and oxygen atoms in total. The molecule has 5 rings (SSSR count). The first kappa shape index (κ1) is 28.2. The number of nitrogens with zero attached hydrogens (tertiary/aromatic N) is 2. The Bertz CT molecular complexity index is 1700. The quantitative estimate of drug-likeness (QED) is 0.125. The molecule has 0 atom stereocenters. The fraction of sp³-hybridized carbons (Fsp3) is 0.0625. The third-order valence-corrected chi connectivity index (χ3v) is 6.74. The molecule has 2 amide bonds. The average molecular weight is 580 g/mol. The summed E-state index contributed by atoms with van der Waals surface area (Å²) in [4.78, 5) is 29.3. The van der Waals surface area contributed by atoms with E-state index in [1.54, 1.807) is 36.4 Å². The van der Waals surface area contributed by atoms with Crippen molar-refractivity contribution in [2.24, 2.45) is 5.10 Å². The highest BCUT2D eigenvalue weighted by molar-refractivity contribution is 7.14. The highest BCUT2D eigenvalue weighted by atomic mass is 32.1. The third-order valence-electron chi connectivity index (χ3n) is 5.99. The fourth-order valence-electron chi connectivity index (χ4n) is 3.81. The molecule has 1 heterocycles. The van der Waals surface area contributed by atoms with Crippen molar-refractivity contribution >= 4 is 45.9 Å². The predicted octanol–water partition coefficient (Wildman–Crippen LogP) is 6.78. The van der Waals surface area contributed by atoms with Gasteiger partial charge in [-0.2, -0.15) is 5.10 Å². The lowest BCUT2D eigenvalue weighted by molar-refractivity contribution is -0.118. The smallest absolute Gasteiger partial charge is 0.271 e. The van der Waals surface area contributed by atoms with Gasteiger partial charge in [0.25, 0.3) is 11.8 Å². The number of ether oxygens (including phenoxy) is 1. The summed E-state index contributed by atoms with van der Waals surface area (Å²) in [5.41, 5.74) is 7.98. The summed E-state index contributed by atoms with van der Waals surface area (Å²) in [5, 5.41) is 12.7. The molecule has 0 spiro atoms. The van der Waals surface area contributed by atoms with Crippen LogP contribution >= 0.6 is 11.3 Å². The Morgan fingerprint density at radius 1 is 0.952 bits per heavy atom. The summed E-state index contributed by atoms with van der Waals surface area (Å²) >= 11 is 1.51. The molecule has 4 aromatic carbocycles. The Labute approximate surface area is 245 Å². The van der Waals surface area contributed by atoms with Crippen LogP contribution in [-0.4, -0.2) is 29.6 Å². The standard InChI is InChI=1S/C32H26FN5O3S/c1-21-5-13-27(14-6-21)36-32-37-29(20-42-32)23-7-9-24(10-8-23)31(40)38-34-18-22-3-2-4-28(17-22)41-19-30(39)35-26-15-11-25(33)12-16-26/h2-18,20H,19H2,1H3,(H,35,39)(H,36,37)(H,38,40)/b34-18+. The molecule has 1 aromatic heterocycles. The van der Waals surface area contributed by atoms with Gasteiger partial charge in [-0.15, -0.1) is 11.3 Å². The lowest BCUT2D eigenvalue weighted by atomic mass is 10.1. The van der Waals surface area contributed by atoms with E-state index >= 15 is 0 Å². The summed E-state index contributed by atoms with van der Waals surface area (Å²) in [7, 11) is 0. The number of halogens is 1. The monoisotopic (exact) mass is 579 g/mol. The first-order chi connectivity index (χ1) is 20.4. The second kappa shape index (κ2) is 13.3. The summed E-state index contributed by atoms with van der Waals surface area (Å²) in [5.74, 6) is -0.671. The number of hydrazone groups is 1. The van der Waals surface area contributed by atoms with Crippen molar-refractivity contribution in [1.82, 2.24) is 10.4 Å². The number of nitrogens with one attached hydrogen (secondary N) is 3. The van der Waals surface area contributed by atoms with Gasteiger partial charge in [0.15, 0.2) is 11.7 Å². The van der Waals surface area contributed by atoms with Gasteiger partial charge in [-0.1, -0.05) is 42.0 Å². The van der Waals surface area contributed by atoms with E-state index in [-0.39, 0.29) is 24.2 Å². The maximum atomic E-state index is 13.0. The van der Waals surface area contributed by atoms with Crippen LogP contribution in [0.15, 0.2) is 108 Å². The predicted molar refractivity (Wildman–Crippen MR) is 164 cm³/mol. The Morgan fingerprint density at radius 3 is 2.45 bits per heavy atom. The molecule has 3 N–H and O–H groups in total. The minimum Gasteiger partial charge on any atom is -0.484 e. The number of thiazole rings is 1. The first-order valence-electron chi connectivity index (χ1n) is 12.9. The Morgan fingerprint density at radius 2 is 1.69 bits per heavy atom. The number of carbonyl (C=O) groups excluding carboxylic acids is 2. The van der Waals surface area contributed by atoms with Crippen LogP contribution in [0.25, 0.3) is 11.3 Å². The number of aromatic nitrogens is 1. The molecule has 0 saturated carbocycles. The van der Waals surface area contributed by atoms with Gasteiger partial charge < -0.3 is 15.4 Å². The Balaban J connectivity index is 1.11. The molecule has 0 unspecified atom stereocenters. The van der Waals surface area contributed by atoms with Crippen molar-refractivity contribution < 1.29 is 18.7 Å². The number of rotatable bonds is 10. The van der Waals surface area contributed by atoms with Crippen LogP contribution in [0.4, 0.5) is 20.9 Å². The summed E-state index contributed by atoms with van der Waals surface area (Å²) in [6.07, 6.45) is 1.48. The molecular weight excluding hydrogens is 553 g/mol. The second-order valence-electron chi connectivity index (χ2n) is 9.22. The maximum Gasteiger partial charge on any atom is 0.271 e. The van der Waals surface area contributed by atoms with Crippen molar-refractivity contribution in [3.05, 3.63) is 125 Å². The van der Waals surface area contributed by atoms with Crippen LogP contribution in [0.3, 0.4) is 0 Å². The van der Waals surface area contributed by atoms with Crippen molar-refractivity contribution in [3.63, 3.8) is 0 Å². The SMILES string of the molecule is Cc1ccc(Nc2nc(-c3ccc(C(=O)N/N=C/c4cccc(OCC(=O)Nc5ccc(F)cc5)c4)cc3)cs2)cc1. The van der Waals surface area contributed by atoms with Crippen molar-refractivity contribution in [3.8, 4) is 17.0 Å². The number of benzene rings is 4. The minimum atomic E-state index is -0.384. The van der Waals surface area contributed by atoms with Gasteiger partial charge in [0.05, 0.1) is 11.9 Å². The molecule has 10 heteroatoms. The number of amides is 2. The van der Waals surface area contributed by atoms with Crippen LogP contribution < -0.4 is 20.8 Å². The molecule has 0 aliphatic carbocycles. The molecule has 0 fully saturated rings. The Hall–Kier alpha value is -5.35. The van der Waals surface area contributed by atoms with Gasteiger partial charge >= 0.3 is 0 Å². The van der Waals surface area contributed by atoms with Crippen molar-refractivity contribution in [2.75, 3.05) is 17.2 Å². The van der Waals surface area contributed by atoms with E-state index in [4.69, 9.17) is 4.74 Å². The van der Waals surface area contributed by atoms with Crippen LogP contribution in [0.2, 0.25) is 0 Å². The highest BCUT2D eigenvalue weighted by Crippen LogP contribution is 2.27. The number of aryl methyl sites for hydroxylation is 1. The van der Waals surface area contributed by atoms with E-state index < -0.39 is 0 Å². The number of anilines is 3. The molecular formula is C32H26FN5O3S. The first-order valence-corrected chi connectivity index (χ1v) is 13.8.